The number of esters is 1. The van der Waals surface area contributed by atoms with Crippen molar-refractivity contribution >= 4 is 40.9 Å². The largest absolute Gasteiger partial charge is 0.466 e. The molecule has 1 atom stereocenters. The van der Waals surface area contributed by atoms with Crippen LogP contribution in [0.2, 0.25) is 10.0 Å². The summed E-state index contributed by atoms with van der Waals surface area (Å²) in [5.41, 5.74) is -3.74. The van der Waals surface area contributed by atoms with Gasteiger partial charge in [0, 0.05) is 11.8 Å². The standard InChI is InChI=1S/C16H12Cl2F3N3O3/c1-27-14(26)15(16(19,20)21,23-12-11(18)7-10(17)8-22-12)24-13(25)9-5-3-2-4-6-9/h2-8H,1H3,(H,22,23)(H,24,25)/t15-/m0/s1. The summed E-state index contributed by atoms with van der Waals surface area (Å²) in [6.45, 7) is 0. The number of ether oxygens (including phenoxy) is 1. The monoisotopic (exact) mass is 421 g/mol. The zero-order valence-corrected chi connectivity index (χ0v) is 15.1. The number of nitrogens with zero attached hydrogens (tertiary/aromatic N) is 1. The first-order valence-electron chi connectivity index (χ1n) is 7.22. The van der Waals surface area contributed by atoms with Crippen LogP contribution in [0.3, 0.4) is 0 Å². The molecule has 1 aromatic heterocycles. The molecule has 6 nitrogen and oxygen atoms in total. The Balaban J connectivity index is 2.53. The number of hydrogen-bond donors (Lipinski definition) is 2. The number of amides is 1. The van der Waals surface area contributed by atoms with E-state index in [0.717, 1.165) is 19.4 Å². The second kappa shape index (κ2) is 8.01. The lowest BCUT2D eigenvalue weighted by Crippen LogP contribution is -2.69. The number of benzene rings is 1. The number of nitrogens with one attached hydrogen (secondary N) is 2. The maximum absolute atomic E-state index is 13.9. The first-order valence-corrected chi connectivity index (χ1v) is 7.98. The van der Waals surface area contributed by atoms with Crippen molar-refractivity contribution in [3.8, 4) is 0 Å². The Kier molecular flexibility index (Phi) is 6.17. The van der Waals surface area contributed by atoms with Crippen LogP contribution in [-0.4, -0.2) is 35.8 Å². The van der Waals surface area contributed by atoms with Crippen molar-refractivity contribution in [2.45, 2.75) is 11.8 Å². The average molecular weight is 422 g/mol. The summed E-state index contributed by atoms with van der Waals surface area (Å²) < 4.78 is 46.0. The smallest absolute Gasteiger partial charge is 0.441 e. The van der Waals surface area contributed by atoms with Gasteiger partial charge in [-0.05, 0) is 18.2 Å². The van der Waals surface area contributed by atoms with Crippen LogP contribution in [0.25, 0.3) is 0 Å². The second-order valence-electron chi connectivity index (χ2n) is 5.17. The molecule has 0 spiro atoms. The Hall–Kier alpha value is -2.52. The van der Waals surface area contributed by atoms with Gasteiger partial charge in [-0.2, -0.15) is 13.2 Å². The van der Waals surface area contributed by atoms with E-state index in [9.17, 15) is 22.8 Å². The number of methoxy groups -OCH3 is 1. The minimum Gasteiger partial charge on any atom is -0.466 e. The second-order valence-corrected chi connectivity index (χ2v) is 6.01. The van der Waals surface area contributed by atoms with Crippen molar-refractivity contribution in [3.05, 3.63) is 58.2 Å². The molecule has 1 heterocycles. The summed E-state index contributed by atoms with van der Waals surface area (Å²) >= 11 is 11.5. The first-order chi connectivity index (χ1) is 12.6. The molecule has 0 fully saturated rings. The topological polar surface area (TPSA) is 80.3 Å². The summed E-state index contributed by atoms with van der Waals surface area (Å²) in [5.74, 6) is -3.51. The van der Waals surface area contributed by atoms with Crippen LogP contribution in [-0.2, 0) is 9.53 Å². The van der Waals surface area contributed by atoms with E-state index in [4.69, 9.17) is 23.2 Å². The van der Waals surface area contributed by atoms with Gasteiger partial charge >= 0.3 is 17.8 Å². The molecular weight excluding hydrogens is 410 g/mol. The number of halogens is 5. The van der Waals surface area contributed by atoms with Gasteiger partial charge < -0.3 is 15.4 Å². The molecule has 2 rings (SSSR count). The molecule has 0 bridgehead atoms. The molecule has 0 unspecified atom stereocenters. The Bertz CT molecular complexity index is 850. The summed E-state index contributed by atoms with van der Waals surface area (Å²) in [4.78, 5) is 28.1. The molecule has 2 aromatic rings. The summed E-state index contributed by atoms with van der Waals surface area (Å²) in [6, 6.07) is 8.16. The van der Waals surface area contributed by atoms with Crippen molar-refractivity contribution in [3.63, 3.8) is 0 Å². The zero-order valence-electron chi connectivity index (χ0n) is 13.6. The number of hydrogen-bond acceptors (Lipinski definition) is 5. The Morgan fingerprint density at radius 1 is 1.15 bits per heavy atom. The number of alkyl halides is 3. The molecule has 2 N–H and O–H groups in total. The lowest BCUT2D eigenvalue weighted by molar-refractivity contribution is -0.203. The third kappa shape index (κ3) is 4.42. The lowest BCUT2D eigenvalue weighted by Gasteiger charge is -2.34. The Labute approximate surface area is 161 Å². The van der Waals surface area contributed by atoms with Crippen molar-refractivity contribution in [1.29, 1.82) is 0 Å². The van der Waals surface area contributed by atoms with Gasteiger partial charge in [-0.25, -0.2) is 9.78 Å². The fourth-order valence-electron chi connectivity index (χ4n) is 2.06. The van der Waals surface area contributed by atoms with Crippen molar-refractivity contribution in [2.75, 3.05) is 12.4 Å². The highest BCUT2D eigenvalue weighted by Crippen LogP contribution is 2.35. The molecule has 0 radical (unpaired) electrons. The molecular formula is C16H12Cl2F3N3O3. The predicted octanol–water partition coefficient (Wildman–Crippen LogP) is 3.66. The van der Waals surface area contributed by atoms with E-state index in [1.165, 1.54) is 24.3 Å². The van der Waals surface area contributed by atoms with E-state index in [2.05, 4.69) is 9.72 Å². The fourth-order valence-corrected chi connectivity index (χ4v) is 2.49. The van der Waals surface area contributed by atoms with Crippen molar-refractivity contribution in [1.82, 2.24) is 10.3 Å². The van der Waals surface area contributed by atoms with Crippen LogP contribution in [0.1, 0.15) is 10.4 Å². The van der Waals surface area contributed by atoms with E-state index in [0.29, 0.717) is 0 Å². The maximum atomic E-state index is 13.9. The van der Waals surface area contributed by atoms with Gasteiger partial charge in [0.25, 0.3) is 5.91 Å². The van der Waals surface area contributed by atoms with Crippen LogP contribution in [0, 0.1) is 0 Å². The van der Waals surface area contributed by atoms with Gasteiger partial charge in [0.05, 0.1) is 17.2 Å². The zero-order chi connectivity index (χ0) is 20.2. The lowest BCUT2D eigenvalue weighted by atomic mass is 10.1. The highest BCUT2D eigenvalue weighted by Gasteiger charge is 2.64. The molecule has 0 aliphatic heterocycles. The number of anilines is 1. The molecule has 1 aromatic carbocycles. The first kappa shape index (κ1) is 20.8. The number of pyridine rings is 1. The summed E-state index contributed by atoms with van der Waals surface area (Å²) in [5, 5.41) is 3.26. The van der Waals surface area contributed by atoms with E-state index >= 15 is 0 Å². The summed E-state index contributed by atoms with van der Waals surface area (Å²) in [7, 11) is 0.746. The van der Waals surface area contributed by atoms with E-state index in [-0.39, 0.29) is 15.6 Å². The summed E-state index contributed by atoms with van der Waals surface area (Å²) in [6.07, 6.45) is -4.29. The minimum absolute atomic E-state index is 0.0644. The van der Waals surface area contributed by atoms with E-state index < -0.39 is 29.5 Å². The average Bonchev–Trinajstić information content (AvgIpc) is 2.62. The van der Waals surface area contributed by atoms with Gasteiger partial charge in [-0.3, -0.25) is 4.79 Å². The molecule has 0 aliphatic carbocycles. The number of carbonyl (C=O) groups excluding carboxylic acids is 2. The third-order valence-electron chi connectivity index (χ3n) is 3.37. The molecule has 0 aliphatic rings. The fraction of sp³-hybridized carbons (Fsp3) is 0.188. The highest BCUT2D eigenvalue weighted by molar-refractivity contribution is 6.36. The molecule has 0 saturated heterocycles. The van der Waals surface area contributed by atoms with Gasteiger partial charge in [0.2, 0.25) is 0 Å². The van der Waals surface area contributed by atoms with Gasteiger partial charge in [-0.15, -0.1) is 0 Å². The quantitative estimate of drug-likeness (QED) is 0.568. The SMILES string of the molecule is COC(=O)[C@@](NC(=O)c1ccccc1)(Nc1ncc(Cl)cc1Cl)C(F)(F)F. The van der Waals surface area contributed by atoms with Gasteiger partial charge in [0.15, 0.2) is 0 Å². The highest BCUT2D eigenvalue weighted by atomic mass is 35.5. The van der Waals surface area contributed by atoms with Gasteiger partial charge in [-0.1, -0.05) is 41.4 Å². The Morgan fingerprint density at radius 2 is 1.78 bits per heavy atom. The van der Waals surface area contributed by atoms with Crippen LogP contribution in [0.15, 0.2) is 42.6 Å². The molecule has 11 heteroatoms. The molecule has 1 amide bonds. The maximum Gasteiger partial charge on any atom is 0.441 e. The van der Waals surface area contributed by atoms with Crippen LogP contribution < -0.4 is 10.6 Å². The minimum atomic E-state index is -5.31. The molecule has 144 valence electrons. The predicted molar refractivity (Wildman–Crippen MR) is 92.6 cm³/mol. The normalized spacial score (nSPS) is 13.4. The van der Waals surface area contributed by atoms with Crippen molar-refractivity contribution in [2.24, 2.45) is 0 Å². The van der Waals surface area contributed by atoms with Crippen LogP contribution in [0.4, 0.5) is 19.0 Å². The van der Waals surface area contributed by atoms with Gasteiger partial charge in [0.1, 0.15) is 5.82 Å². The van der Waals surface area contributed by atoms with Crippen LogP contribution in [0.5, 0.6) is 0 Å². The number of carbonyl (C=O) groups is 2. The van der Waals surface area contributed by atoms with Crippen molar-refractivity contribution < 1.29 is 27.5 Å². The third-order valence-corrected chi connectivity index (χ3v) is 3.86. The Morgan fingerprint density at radius 3 is 2.30 bits per heavy atom. The molecule has 0 saturated carbocycles. The van der Waals surface area contributed by atoms with E-state index in [1.807, 2.05) is 5.32 Å². The van der Waals surface area contributed by atoms with Crippen LogP contribution >= 0.6 is 23.2 Å². The molecule has 27 heavy (non-hydrogen) atoms. The number of aromatic nitrogens is 1. The van der Waals surface area contributed by atoms with E-state index in [1.54, 1.807) is 11.4 Å². The number of rotatable bonds is 5.